The van der Waals surface area contributed by atoms with Crippen molar-refractivity contribution in [3.63, 3.8) is 0 Å². The molecule has 0 amide bonds. The van der Waals surface area contributed by atoms with Crippen molar-refractivity contribution in [2.45, 2.75) is 13.8 Å². The molecular formula is C10H10O4. The second-order valence-corrected chi connectivity index (χ2v) is 2.16. The lowest BCUT2D eigenvalue weighted by atomic mass is 10.5. The highest BCUT2D eigenvalue weighted by Gasteiger charge is 1.86. The molecule has 0 aliphatic rings. The maximum Gasteiger partial charge on any atom is 0.303 e. The molecule has 0 aliphatic heterocycles. The Labute approximate surface area is 82.6 Å². The van der Waals surface area contributed by atoms with E-state index in [4.69, 9.17) is 0 Å². The van der Waals surface area contributed by atoms with Crippen LogP contribution in [0.2, 0.25) is 0 Å². The minimum Gasteiger partial charge on any atom is -0.453 e. The summed E-state index contributed by atoms with van der Waals surface area (Å²) in [4.78, 5) is 20.5. The van der Waals surface area contributed by atoms with E-state index >= 15 is 0 Å². The van der Waals surface area contributed by atoms with Crippen LogP contribution in [-0.2, 0) is 19.1 Å². The summed E-state index contributed by atoms with van der Waals surface area (Å²) in [6, 6.07) is 0. The third kappa shape index (κ3) is 10.1. The van der Waals surface area contributed by atoms with Crippen LogP contribution in [0.4, 0.5) is 0 Å². The molecule has 4 nitrogen and oxygen atoms in total. The normalized spacial score (nSPS) is 7.29. The van der Waals surface area contributed by atoms with E-state index in [9.17, 15) is 9.59 Å². The van der Waals surface area contributed by atoms with Gasteiger partial charge in [-0.1, -0.05) is 0 Å². The number of carbonyl (C=O) groups excluding carboxylic acids is 2. The van der Waals surface area contributed by atoms with Gasteiger partial charge >= 0.3 is 11.9 Å². The minimum absolute atomic E-state index is 0.0254. The number of esters is 2. The Morgan fingerprint density at radius 1 is 0.929 bits per heavy atom. The molecule has 0 aliphatic carbocycles. The second-order valence-electron chi connectivity index (χ2n) is 2.16. The van der Waals surface area contributed by atoms with Gasteiger partial charge in [0.05, 0.1) is 0 Å². The molecule has 0 rings (SSSR count). The molecule has 0 aromatic heterocycles. The van der Waals surface area contributed by atoms with Gasteiger partial charge in [0.1, 0.15) is 0 Å². The molecule has 74 valence electrons. The first-order valence-electron chi connectivity index (χ1n) is 3.85. The second kappa shape index (κ2) is 7.70. The summed E-state index contributed by atoms with van der Waals surface area (Å²) >= 11 is 0. The maximum atomic E-state index is 10.3. The number of hydrogen-bond acceptors (Lipinski definition) is 4. The van der Waals surface area contributed by atoms with Crippen LogP contribution in [0.15, 0.2) is 0 Å². The summed E-state index contributed by atoms with van der Waals surface area (Å²) in [6.07, 6.45) is 0. The van der Waals surface area contributed by atoms with E-state index in [1.165, 1.54) is 13.8 Å². The third-order valence-corrected chi connectivity index (χ3v) is 0.934. The lowest BCUT2D eigenvalue weighted by Gasteiger charge is -1.90. The summed E-state index contributed by atoms with van der Waals surface area (Å²) in [5, 5.41) is 0. The van der Waals surface area contributed by atoms with Crippen molar-refractivity contribution < 1.29 is 19.1 Å². The summed E-state index contributed by atoms with van der Waals surface area (Å²) in [5.74, 6) is 9.10. The molecule has 0 saturated heterocycles. The van der Waals surface area contributed by atoms with E-state index in [2.05, 4.69) is 33.2 Å². The first-order chi connectivity index (χ1) is 6.63. The van der Waals surface area contributed by atoms with E-state index in [-0.39, 0.29) is 25.2 Å². The monoisotopic (exact) mass is 194 g/mol. The molecule has 0 fully saturated rings. The Morgan fingerprint density at radius 3 is 1.57 bits per heavy atom. The van der Waals surface area contributed by atoms with Gasteiger partial charge in [-0.15, -0.1) is 0 Å². The summed E-state index contributed by atoms with van der Waals surface area (Å²) in [5.41, 5.74) is 0. The smallest absolute Gasteiger partial charge is 0.303 e. The van der Waals surface area contributed by atoms with Crippen LogP contribution in [0.1, 0.15) is 13.8 Å². The Bertz CT molecular complexity index is 288. The molecule has 0 aromatic rings. The molecule has 14 heavy (non-hydrogen) atoms. The topological polar surface area (TPSA) is 52.6 Å². The molecular weight excluding hydrogens is 184 g/mol. The van der Waals surface area contributed by atoms with Crippen molar-refractivity contribution in [3.05, 3.63) is 0 Å². The van der Waals surface area contributed by atoms with Gasteiger partial charge in [-0.05, 0) is 23.7 Å². The summed E-state index contributed by atoms with van der Waals surface area (Å²) in [7, 11) is 0. The fourth-order valence-corrected chi connectivity index (χ4v) is 0.436. The predicted octanol–water partition coefficient (Wildman–Crippen LogP) is 0.119. The quantitative estimate of drug-likeness (QED) is 0.463. The van der Waals surface area contributed by atoms with Gasteiger partial charge in [0.15, 0.2) is 13.2 Å². The third-order valence-electron chi connectivity index (χ3n) is 0.934. The number of carbonyl (C=O) groups is 2. The van der Waals surface area contributed by atoms with E-state index in [1.54, 1.807) is 0 Å². The van der Waals surface area contributed by atoms with Gasteiger partial charge in [-0.25, -0.2) is 0 Å². The number of ether oxygens (including phenoxy) is 2. The van der Waals surface area contributed by atoms with Crippen molar-refractivity contribution in [1.82, 2.24) is 0 Å². The van der Waals surface area contributed by atoms with Crippen LogP contribution < -0.4 is 0 Å². The van der Waals surface area contributed by atoms with Crippen molar-refractivity contribution in [2.75, 3.05) is 13.2 Å². The lowest BCUT2D eigenvalue weighted by Crippen LogP contribution is -1.98. The Balaban J connectivity index is 3.58. The molecule has 0 saturated carbocycles. The molecule has 0 bridgehead atoms. The predicted molar refractivity (Wildman–Crippen MR) is 48.8 cm³/mol. The first kappa shape index (κ1) is 12.1. The summed E-state index contributed by atoms with van der Waals surface area (Å²) < 4.78 is 9.04. The van der Waals surface area contributed by atoms with E-state index in [0.29, 0.717) is 0 Å². The molecule has 0 unspecified atom stereocenters. The molecule has 0 radical (unpaired) electrons. The van der Waals surface area contributed by atoms with Crippen LogP contribution in [0, 0.1) is 23.7 Å². The van der Waals surface area contributed by atoms with Crippen molar-refractivity contribution in [1.29, 1.82) is 0 Å². The number of hydrogen-bond donors (Lipinski definition) is 0. The zero-order valence-corrected chi connectivity index (χ0v) is 8.05. The molecule has 4 heteroatoms. The summed E-state index contributed by atoms with van der Waals surface area (Å²) in [6.45, 7) is 2.65. The standard InChI is InChI=1S/C10H10O4/c1-9(11)13-7-5-3-4-6-8-14-10(2)12/h7-8H2,1-2H3. The van der Waals surface area contributed by atoms with Gasteiger partial charge in [0.25, 0.3) is 0 Å². The largest absolute Gasteiger partial charge is 0.453 e. The Morgan fingerprint density at radius 2 is 1.29 bits per heavy atom. The van der Waals surface area contributed by atoms with Crippen molar-refractivity contribution in [3.8, 4) is 23.7 Å². The van der Waals surface area contributed by atoms with Crippen molar-refractivity contribution >= 4 is 11.9 Å². The lowest BCUT2D eigenvalue weighted by molar-refractivity contribution is -0.140. The average molecular weight is 194 g/mol. The molecule has 0 heterocycles. The Kier molecular flexibility index (Phi) is 6.63. The Hall–Kier alpha value is -1.94. The highest BCUT2D eigenvalue weighted by molar-refractivity contribution is 5.66. The van der Waals surface area contributed by atoms with Gasteiger partial charge in [0.2, 0.25) is 0 Å². The highest BCUT2D eigenvalue weighted by atomic mass is 16.5. The first-order valence-corrected chi connectivity index (χ1v) is 3.85. The van der Waals surface area contributed by atoms with Gasteiger partial charge in [0, 0.05) is 13.8 Å². The SMILES string of the molecule is CC(=O)OCC#CC#CCOC(C)=O. The van der Waals surface area contributed by atoms with Crippen LogP contribution in [0.25, 0.3) is 0 Å². The van der Waals surface area contributed by atoms with Crippen LogP contribution in [0.5, 0.6) is 0 Å². The van der Waals surface area contributed by atoms with Crippen LogP contribution in [0.3, 0.4) is 0 Å². The van der Waals surface area contributed by atoms with Crippen LogP contribution >= 0.6 is 0 Å². The fourth-order valence-electron chi connectivity index (χ4n) is 0.436. The zero-order valence-electron chi connectivity index (χ0n) is 8.05. The van der Waals surface area contributed by atoms with Gasteiger partial charge in [-0.2, -0.15) is 0 Å². The van der Waals surface area contributed by atoms with E-state index < -0.39 is 0 Å². The molecule has 0 spiro atoms. The molecule has 0 atom stereocenters. The minimum atomic E-state index is -0.382. The molecule has 0 N–H and O–H groups in total. The van der Waals surface area contributed by atoms with Gasteiger partial charge in [-0.3, -0.25) is 9.59 Å². The zero-order chi connectivity index (χ0) is 10.8. The van der Waals surface area contributed by atoms with Crippen molar-refractivity contribution in [2.24, 2.45) is 0 Å². The van der Waals surface area contributed by atoms with E-state index in [1.807, 2.05) is 0 Å². The number of rotatable bonds is 2. The maximum absolute atomic E-state index is 10.3. The fraction of sp³-hybridized carbons (Fsp3) is 0.400. The van der Waals surface area contributed by atoms with Crippen LogP contribution in [-0.4, -0.2) is 25.2 Å². The van der Waals surface area contributed by atoms with Gasteiger partial charge < -0.3 is 9.47 Å². The average Bonchev–Trinajstić information content (AvgIpc) is 2.08. The van der Waals surface area contributed by atoms with E-state index in [0.717, 1.165) is 0 Å². The highest BCUT2D eigenvalue weighted by Crippen LogP contribution is 1.73. The molecule has 0 aromatic carbocycles.